The van der Waals surface area contributed by atoms with Gasteiger partial charge in [-0.25, -0.2) is 0 Å². The van der Waals surface area contributed by atoms with Gasteiger partial charge >= 0.3 is 5.97 Å². The molecule has 0 amide bonds. The third-order valence-corrected chi connectivity index (χ3v) is 3.31. The van der Waals surface area contributed by atoms with Crippen LogP contribution < -0.4 is 0 Å². The Labute approximate surface area is 113 Å². The lowest BCUT2D eigenvalue weighted by atomic mass is 10.3. The second-order valence-corrected chi connectivity index (χ2v) is 4.80. The molecule has 7 nitrogen and oxygen atoms in total. The second kappa shape index (κ2) is 6.19. The maximum absolute atomic E-state index is 10.4. The van der Waals surface area contributed by atoms with Crippen LogP contribution in [0.1, 0.15) is 12.8 Å². The Morgan fingerprint density at radius 2 is 2.05 bits per heavy atom. The lowest BCUT2D eigenvalue weighted by molar-refractivity contribution is -0.137. The Morgan fingerprint density at radius 1 is 1.32 bits per heavy atom. The van der Waals surface area contributed by atoms with Crippen molar-refractivity contribution in [3.8, 4) is 11.4 Å². The number of hydrogen-bond donors (Lipinski definition) is 2. The van der Waals surface area contributed by atoms with E-state index in [0.29, 0.717) is 17.3 Å². The number of carboxylic acid groups (broad SMARTS) is 1. The summed E-state index contributed by atoms with van der Waals surface area (Å²) >= 11 is 1.40. The first kappa shape index (κ1) is 13.3. The third-order valence-electron chi connectivity index (χ3n) is 2.30. The molecule has 0 fully saturated rings. The van der Waals surface area contributed by atoms with Gasteiger partial charge in [0.15, 0.2) is 0 Å². The maximum atomic E-state index is 10.4. The number of thioether (sulfide) groups is 1. The molecule has 0 bridgehead atoms. The number of tetrazole rings is 1. The van der Waals surface area contributed by atoms with E-state index >= 15 is 0 Å². The van der Waals surface area contributed by atoms with Crippen LogP contribution in [0.3, 0.4) is 0 Å². The van der Waals surface area contributed by atoms with Crippen LogP contribution in [0.5, 0.6) is 5.75 Å². The molecule has 0 aliphatic carbocycles. The Bertz CT molecular complexity index is 555. The number of aliphatic carboxylic acids is 1. The van der Waals surface area contributed by atoms with E-state index in [0.717, 1.165) is 5.69 Å². The van der Waals surface area contributed by atoms with Crippen molar-refractivity contribution >= 4 is 17.7 Å². The number of carbonyl (C=O) groups is 1. The predicted molar refractivity (Wildman–Crippen MR) is 68.4 cm³/mol. The number of rotatable bonds is 6. The van der Waals surface area contributed by atoms with E-state index in [1.54, 1.807) is 28.9 Å². The van der Waals surface area contributed by atoms with Crippen LogP contribution >= 0.6 is 11.8 Å². The average Bonchev–Trinajstić information content (AvgIpc) is 2.84. The van der Waals surface area contributed by atoms with Crippen molar-refractivity contribution in [1.82, 2.24) is 20.2 Å². The van der Waals surface area contributed by atoms with Gasteiger partial charge in [0.25, 0.3) is 0 Å². The van der Waals surface area contributed by atoms with Gasteiger partial charge in [-0.2, -0.15) is 4.68 Å². The minimum atomic E-state index is -0.807. The van der Waals surface area contributed by atoms with Crippen molar-refractivity contribution in [2.45, 2.75) is 18.0 Å². The van der Waals surface area contributed by atoms with Crippen molar-refractivity contribution in [2.75, 3.05) is 5.75 Å². The van der Waals surface area contributed by atoms with Crippen molar-refractivity contribution in [2.24, 2.45) is 0 Å². The van der Waals surface area contributed by atoms with Gasteiger partial charge in [-0.15, -0.1) is 5.10 Å². The Kier molecular flexibility index (Phi) is 4.35. The number of phenols is 1. The summed E-state index contributed by atoms with van der Waals surface area (Å²) in [6.07, 6.45) is 0.691. The van der Waals surface area contributed by atoms with Gasteiger partial charge in [0.1, 0.15) is 5.75 Å². The topological polar surface area (TPSA) is 101 Å². The molecule has 0 unspecified atom stereocenters. The van der Waals surface area contributed by atoms with E-state index < -0.39 is 5.97 Å². The lowest BCUT2D eigenvalue weighted by Gasteiger charge is -2.03. The molecule has 0 aliphatic rings. The SMILES string of the molecule is O=C(O)CCCSc1nnnn1-c1ccc(O)cc1. The molecule has 0 spiro atoms. The molecule has 0 aliphatic heterocycles. The van der Waals surface area contributed by atoms with Gasteiger partial charge in [0, 0.05) is 12.2 Å². The second-order valence-electron chi connectivity index (χ2n) is 3.74. The van der Waals surface area contributed by atoms with Crippen LogP contribution in [-0.4, -0.2) is 42.1 Å². The number of phenolic OH excluding ortho intramolecular Hbond substituents is 1. The first-order chi connectivity index (χ1) is 9.16. The van der Waals surface area contributed by atoms with E-state index in [1.165, 1.54) is 11.8 Å². The van der Waals surface area contributed by atoms with Gasteiger partial charge in [-0.1, -0.05) is 11.8 Å². The predicted octanol–water partition coefficient (Wildman–Crippen LogP) is 1.32. The fraction of sp³-hybridized carbons (Fsp3) is 0.273. The number of carboxylic acids is 1. The molecular formula is C11H12N4O3S. The standard InChI is InChI=1S/C11H12N4O3S/c16-9-5-3-8(4-6-9)15-11(12-13-14-15)19-7-1-2-10(17)18/h3-6,16H,1-2,7H2,(H,17,18). The average molecular weight is 280 g/mol. The zero-order chi connectivity index (χ0) is 13.7. The number of hydrogen-bond acceptors (Lipinski definition) is 6. The van der Waals surface area contributed by atoms with Crippen LogP contribution in [0.25, 0.3) is 5.69 Å². The minimum Gasteiger partial charge on any atom is -0.508 e. The first-order valence-electron chi connectivity index (χ1n) is 5.59. The van der Waals surface area contributed by atoms with E-state index in [9.17, 15) is 9.90 Å². The van der Waals surface area contributed by atoms with E-state index in [4.69, 9.17) is 5.11 Å². The highest BCUT2D eigenvalue weighted by Gasteiger charge is 2.09. The molecule has 1 aromatic heterocycles. The summed E-state index contributed by atoms with van der Waals surface area (Å²) in [5.74, 6) is -0.00342. The number of nitrogens with zero attached hydrogens (tertiary/aromatic N) is 4. The van der Waals surface area contributed by atoms with Crippen molar-refractivity contribution < 1.29 is 15.0 Å². The van der Waals surface area contributed by atoms with E-state index in [1.807, 2.05) is 0 Å². The molecule has 2 N–H and O–H groups in total. The number of aromatic nitrogens is 4. The molecular weight excluding hydrogens is 268 g/mol. The summed E-state index contributed by atoms with van der Waals surface area (Å²) in [7, 11) is 0. The van der Waals surface area contributed by atoms with Gasteiger partial charge < -0.3 is 10.2 Å². The van der Waals surface area contributed by atoms with Crippen LogP contribution in [0.15, 0.2) is 29.4 Å². The summed E-state index contributed by atoms with van der Waals surface area (Å²) in [5.41, 5.74) is 0.739. The van der Waals surface area contributed by atoms with Crippen LogP contribution in [0.2, 0.25) is 0 Å². The molecule has 0 radical (unpaired) electrons. The quantitative estimate of drug-likeness (QED) is 0.608. The summed E-state index contributed by atoms with van der Waals surface area (Å²) in [6, 6.07) is 6.51. The molecule has 1 aromatic carbocycles. The highest BCUT2D eigenvalue weighted by molar-refractivity contribution is 7.99. The van der Waals surface area contributed by atoms with Crippen LogP contribution in [-0.2, 0) is 4.79 Å². The van der Waals surface area contributed by atoms with E-state index in [2.05, 4.69) is 15.5 Å². The molecule has 8 heteroatoms. The summed E-state index contributed by atoms with van der Waals surface area (Å²) in [4.78, 5) is 10.4. The molecule has 2 aromatic rings. The van der Waals surface area contributed by atoms with Gasteiger partial charge in [0.05, 0.1) is 5.69 Å². The van der Waals surface area contributed by atoms with Gasteiger partial charge in [-0.3, -0.25) is 4.79 Å². The fourth-order valence-corrected chi connectivity index (χ4v) is 2.24. The van der Waals surface area contributed by atoms with Crippen LogP contribution in [0, 0.1) is 0 Å². The molecule has 1 heterocycles. The van der Waals surface area contributed by atoms with E-state index in [-0.39, 0.29) is 12.2 Å². The summed E-state index contributed by atoms with van der Waals surface area (Å²) in [5, 5.41) is 29.7. The lowest BCUT2D eigenvalue weighted by Crippen LogP contribution is -2.00. The zero-order valence-corrected chi connectivity index (χ0v) is 10.7. The minimum absolute atomic E-state index is 0.133. The largest absolute Gasteiger partial charge is 0.508 e. The summed E-state index contributed by atoms with van der Waals surface area (Å²) < 4.78 is 1.55. The first-order valence-corrected chi connectivity index (χ1v) is 6.58. The van der Waals surface area contributed by atoms with Gasteiger partial charge in [0.2, 0.25) is 5.16 Å². The Hall–Kier alpha value is -2.09. The number of aromatic hydroxyl groups is 1. The van der Waals surface area contributed by atoms with Crippen molar-refractivity contribution in [3.05, 3.63) is 24.3 Å². The van der Waals surface area contributed by atoms with Gasteiger partial charge in [-0.05, 0) is 41.1 Å². The monoisotopic (exact) mass is 280 g/mol. The fourth-order valence-electron chi connectivity index (χ4n) is 1.41. The summed E-state index contributed by atoms with van der Waals surface area (Å²) in [6.45, 7) is 0. The Morgan fingerprint density at radius 3 is 2.74 bits per heavy atom. The normalized spacial score (nSPS) is 10.5. The van der Waals surface area contributed by atoms with Crippen LogP contribution in [0.4, 0.5) is 0 Å². The molecule has 0 saturated carbocycles. The maximum Gasteiger partial charge on any atom is 0.303 e. The van der Waals surface area contributed by atoms with Crippen molar-refractivity contribution in [1.29, 1.82) is 0 Å². The molecule has 100 valence electrons. The third kappa shape index (κ3) is 3.68. The van der Waals surface area contributed by atoms with Crippen molar-refractivity contribution in [3.63, 3.8) is 0 Å². The Balaban J connectivity index is 2.01. The zero-order valence-electron chi connectivity index (χ0n) is 9.93. The highest BCUT2D eigenvalue weighted by atomic mass is 32.2. The number of benzene rings is 1. The molecule has 19 heavy (non-hydrogen) atoms. The smallest absolute Gasteiger partial charge is 0.303 e. The molecule has 0 saturated heterocycles. The molecule has 2 rings (SSSR count). The molecule has 0 atom stereocenters. The highest BCUT2D eigenvalue weighted by Crippen LogP contribution is 2.20.